The van der Waals surface area contributed by atoms with E-state index in [1.165, 1.54) is 31.5 Å². The van der Waals surface area contributed by atoms with Crippen molar-refractivity contribution in [2.75, 3.05) is 12.4 Å². The van der Waals surface area contributed by atoms with Crippen molar-refractivity contribution in [3.8, 4) is 11.5 Å². The van der Waals surface area contributed by atoms with Gasteiger partial charge in [0, 0.05) is 5.02 Å². The van der Waals surface area contributed by atoms with Gasteiger partial charge in [0.25, 0.3) is 0 Å². The molecule has 0 unspecified atom stereocenters. The van der Waals surface area contributed by atoms with E-state index >= 15 is 0 Å². The number of methoxy groups -OCH3 is 1. The number of hydrazone groups is 1. The Balaban J connectivity index is 1.98. The van der Waals surface area contributed by atoms with Crippen molar-refractivity contribution in [2.45, 2.75) is 0 Å². The third kappa shape index (κ3) is 4.72. The number of benzene rings is 2. The zero-order valence-corrected chi connectivity index (χ0v) is 13.4. The monoisotopic (exact) mass is 347 g/mol. The molecule has 0 aromatic heterocycles. The molecule has 0 heterocycles. The third-order valence-electron chi connectivity index (χ3n) is 2.87. The van der Waals surface area contributed by atoms with Crippen LogP contribution in [0.3, 0.4) is 0 Å². The Bertz CT molecular complexity index is 793. The van der Waals surface area contributed by atoms with Crippen LogP contribution in [-0.2, 0) is 9.59 Å². The van der Waals surface area contributed by atoms with Gasteiger partial charge < -0.3 is 15.2 Å². The van der Waals surface area contributed by atoms with E-state index in [-0.39, 0.29) is 11.4 Å². The molecule has 2 aromatic carbocycles. The highest BCUT2D eigenvalue weighted by Gasteiger charge is 2.15. The van der Waals surface area contributed by atoms with Crippen LogP contribution in [-0.4, -0.2) is 30.2 Å². The molecule has 2 aromatic rings. The summed E-state index contributed by atoms with van der Waals surface area (Å²) >= 11 is 5.85. The van der Waals surface area contributed by atoms with Gasteiger partial charge in [-0.1, -0.05) is 23.7 Å². The van der Waals surface area contributed by atoms with Gasteiger partial charge in [0.15, 0.2) is 0 Å². The summed E-state index contributed by atoms with van der Waals surface area (Å²) in [7, 11) is 1.43. The number of phenols is 1. The van der Waals surface area contributed by atoms with Crippen LogP contribution in [0.25, 0.3) is 0 Å². The number of nitrogens with one attached hydrogen (secondary N) is 2. The maximum absolute atomic E-state index is 11.9. The number of halogens is 1. The van der Waals surface area contributed by atoms with Gasteiger partial charge in [-0.25, -0.2) is 5.43 Å². The van der Waals surface area contributed by atoms with Crippen molar-refractivity contribution in [3.63, 3.8) is 0 Å². The quantitative estimate of drug-likeness (QED) is 0.448. The molecule has 0 aliphatic carbocycles. The second-order valence-electron chi connectivity index (χ2n) is 4.59. The summed E-state index contributed by atoms with van der Waals surface area (Å²) in [6.07, 6.45) is 1.30. The van der Waals surface area contributed by atoms with E-state index in [2.05, 4.69) is 15.8 Å². The molecule has 0 saturated heterocycles. The number of carbonyl (C=O) groups excluding carboxylic acids is 2. The lowest BCUT2D eigenvalue weighted by atomic mass is 10.2. The number of hydrogen-bond acceptors (Lipinski definition) is 5. The number of carbonyl (C=O) groups is 2. The summed E-state index contributed by atoms with van der Waals surface area (Å²) in [4.78, 5) is 23.6. The van der Waals surface area contributed by atoms with Crippen molar-refractivity contribution in [3.05, 3.63) is 53.1 Å². The number of ether oxygens (including phenoxy) is 1. The number of nitrogens with zero attached hydrogens (tertiary/aromatic N) is 1. The first-order valence-electron chi connectivity index (χ1n) is 6.76. The lowest BCUT2D eigenvalue weighted by molar-refractivity contribution is -0.136. The largest absolute Gasteiger partial charge is 0.508 e. The van der Waals surface area contributed by atoms with Gasteiger partial charge in [0.1, 0.15) is 11.5 Å². The van der Waals surface area contributed by atoms with E-state index in [4.69, 9.17) is 16.3 Å². The first-order chi connectivity index (χ1) is 11.5. The summed E-state index contributed by atoms with van der Waals surface area (Å²) in [5.74, 6) is -1.46. The Morgan fingerprint density at radius 3 is 2.71 bits per heavy atom. The molecule has 2 amide bonds. The van der Waals surface area contributed by atoms with Gasteiger partial charge in [0.05, 0.1) is 19.0 Å². The molecule has 2 rings (SSSR count). The highest BCUT2D eigenvalue weighted by molar-refractivity contribution is 6.40. The van der Waals surface area contributed by atoms with Crippen LogP contribution < -0.4 is 15.5 Å². The van der Waals surface area contributed by atoms with Gasteiger partial charge in [-0.3, -0.25) is 9.59 Å². The lowest BCUT2D eigenvalue weighted by Crippen LogP contribution is -2.32. The molecule has 8 heteroatoms. The molecule has 0 radical (unpaired) electrons. The Labute approximate surface area is 142 Å². The second-order valence-corrected chi connectivity index (χ2v) is 5.03. The highest BCUT2D eigenvalue weighted by atomic mass is 35.5. The van der Waals surface area contributed by atoms with Crippen molar-refractivity contribution in [2.24, 2.45) is 5.10 Å². The van der Waals surface area contributed by atoms with E-state index in [0.29, 0.717) is 16.3 Å². The van der Waals surface area contributed by atoms with Crippen molar-refractivity contribution in [1.82, 2.24) is 5.43 Å². The Morgan fingerprint density at radius 1 is 1.21 bits per heavy atom. The summed E-state index contributed by atoms with van der Waals surface area (Å²) in [5, 5.41) is 15.7. The normalized spacial score (nSPS) is 10.4. The molecule has 3 N–H and O–H groups in total. The minimum absolute atomic E-state index is 0.0658. The molecule has 0 saturated carbocycles. The van der Waals surface area contributed by atoms with Crippen LogP contribution in [0, 0.1) is 0 Å². The zero-order chi connectivity index (χ0) is 17.5. The van der Waals surface area contributed by atoms with Gasteiger partial charge in [-0.05, 0) is 35.9 Å². The number of aromatic hydroxyl groups is 1. The van der Waals surface area contributed by atoms with E-state index in [0.717, 1.165) is 0 Å². The number of amides is 2. The second kappa shape index (κ2) is 7.98. The Hall–Kier alpha value is -3.06. The van der Waals surface area contributed by atoms with Crippen LogP contribution in [0.1, 0.15) is 5.56 Å². The molecule has 24 heavy (non-hydrogen) atoms. The van der Waals surface area contributed by atoms with Crippen LogP contribution in [0.15, 0.2) is 47.6 Å². The summed E-state index contributed by atoms with van der Waals surface area (Å²) in [6, 6.07) is 10.9. The predicted octanol–water partition coefficient (Wildman–Crippen LogP) is 2.14. The average molecular weight is 348 g/mol. The number of hydrogen-bond donors (Lipinski definition) is 3. The lowest BCUT2D eigenvalue weighted by Gasteiger charge is -2.09. The smallest absolute Gasteiger partial charge is 0.329 e. The fourth-order valence-corrected chi connectivity index (χ4v) is 1.95. The van der Waals surface area contributed by atoms with Crippen LogP contribution in [0.2, 0.25) is 5.02 Å². The van der Waals surface area contributed by atoms with Crippen LogP contribution >= 0.6 is 11.6 Å². The maximum Gasteiger partial charge on any atom is 0.329 e. The standard InChI is InChI=1S/C16H14ClN3O4/c1-24-14-6-5-11(17)8-13(14)19-15(22)16(23)20-18-9-10-3-2-4-12(21)7-10/h2-9,21H,1H3,(H,19,22)(H,20,23)/b18-9+. The molecule has 0 atom stereocenters. The first kappa shape index (κ1) is 17.3. The topological polar surface area (TPSA) is 100 Å². The number of anilines is 1. The van der Waals surface area contributed by atoms with Crippen LogP contribution in [0.4, 0.5) is 5.69 Å². The average Bonchev–Trinajstić information content (AvgIpc) is 2.55. The minimum Gasteiger partial charge on any atom is -0.508 e. The summed E-state index contributed by atoms with van der Waals surface area (Å²) in [5.41, 5.74) is 2.91. The van der Waals surface area contributed by atoms with Gasteiger partial charge in [-0.2, -0.15) is 5.10 Å². The van der Waals surface area contributed by atoms with E-state index < -0.39 is 11.8 Å². The molecule has 0 fully saturated rings. The molecular weight excluding hydrogens is 334 g/mol. The van der Waals surface area contributed by atoms with Crippen molar-refractivity contribution >= 4 is 35.3 Å². The molecule has 0 spiro atoms. The Kier molecular flexibility index (Phi) is 5.75. The maximum atomic E-state index is 11.9. The van der Waals surface area contributed by atoms with Crippen LogP contribution in [0.5, 0.6) is 11.5 Å². The van der Waals surface area contributed by atoms with Gasteiger partial charge in [0.2, 0.25) is 0 Å². The fourth-order valence-electron chi connectivity index (χ4n) is 1.78. The van der Waals surface area contributed by atoms with E-state index in [1.807, 2.05) is 0 Å². The van der Waals surface area contributed by atoms with Crippen molar-refractivity contribution < 1.29 is 19.4 Å². The van der Waals surface area contributed by atoms with Crippen molar-refractivity contribution in [1.29, 1.82) is 0 Å². The molecule has 7 nitrogen and oxygen atoms in total. The highest BCUT2D eigenvalue weighted by Crippen LogP contribution is 2.27. The first-order valence-corrected chi connectivity index (χ1v) is 7.14. The molecule has 0 aliphatic heterocycles. The van der Waals surface area contributed by atoms with Gasteiger partial charge >= 0.3 is 11.8 Å². The SMILES string of the molecule is COc1ccc(Cl)cc1NC(=O)C(=O)N/N=C/c1cccc(O)c1. The summed E-state index contributed by atoms with van der Waals surface area (Å²) < 4.78 is 5.07. The zero-order valence-electron chi connectivity index (χ0n) is 12.6. The molecule has 0 bridgehead atoms. The molecule has 0 aliphatic rings. The number of rotatable bonds is 4. The summed E-state index contributed by atoms with van der Waals surface area (Å²) in [6.45, 7) is 0. The van der Waals surface area contributed by atoms with Gasteiger partial charge in [-0.15, -0.1) is 0 Å². The number of phenolic OH excluding ortho intramolecular Hbond substituents is 1. The molecular formula is C16H14ClN3O4. The fraction of sp³-hybridized carbons (Fsp3) is 0.0625. The third-order valence-corrected chi connectivity index (χ3v) is 3.10. The predicted molar refractivity (Wildman–Crippen MR) is 90.5 cm³/mol. The minimum atomic E-state index is -0.964. The molecule has 124 valence electrons. The van der Waals surface area contributed by atoms with E-state index in [1.54, 1.807) is 24.3 Å². The Morgan fingerprint density at radius 2 is 2.00 bits per heavy atom. The van der Waals surface area contributed by atoms with E-state index in [9.17, 15) is 14.7 Å².